The molecule has 0 spiro atoms. The molecule has 3 nitrogen and oxygen atoms in total. The number of hydrogen-bond acceptors (Lipinski definition) is 3. The van der Waals surface area contributed by atoms with Crippen LogP contribution < -0.4 is 10.6 Å². The van der Waals surface area contributed by atoms with Crippen molar-refractivity contribution in [3.05, 3.63) is 0 Å². The van der Waals surface area contributed by atoms with Crippen molar-refractivity contribution in [3.8, 4) is 0 Å². The maximum Gasteiger partial charge on any atom is 0.00200 e. The van der Waals surface area contributed by atoms with Crippen LogP contribution in [0.5, 0.6) is 0 Å². The minimum absolute atomic E-state index is 0.585. The van der Waals surface area contributed by atoms with E-state index in [1.807, 2.05) is 0 Å². The highest BCUT2D eigenvalue weighted by Crippen LogP contribution is 2.39. The molecule has 1 aliphatic heterocycles. The van der Waals surface area contributed by atoms with Crippen LogP contribution in [0.4, 0.5) is 0 Å². The molecule has 17 heavy (non-hydrogen) atoms. The van der Waals surface area contributed by atoms with Gasteiger partial charge in [0.1, 0.15) is 0 Å². The van der Waals surface area contributed by atoms with Gasteiger partial charge in [-0.2, -0.15) is 0 Å². The van der Waals surface area contributed by atoms with E-state index < -0.39 is 0 Å². The van der Waals surface area contributed by atoms with Gasteiger partial charge in [0, 0.05) is 19.6 Å². The number of nitrogens with zero attached hydrogens (tertiary/aromatic N) is 1. The van der Waals surface area contributed by atoms with Crippen LogP contribution in [0.25, 0.3) is 0 Å². The molecule has 0 aromatic heterocycles. The van der Waals surface area contributed by atoms with Crippen LogP contribution in [0, 0.1) is 11.3 Å². The van der Waals surface area contributed by atoms with E-state index in [2.05, 4.69) is 29.6 Å². The predicted octanol–water partition coefficient (Wildman–Crippen LogP) is 1.31. The first-order chi connectivity index (χ1) is 8.24. The van der Waals surface area contributed by atoms with Crippen molar-refractivity contribution in [2.45, 2.75) is 32.1 Å². The first kappa shape index (κ1) is 13.3. The SMILES string of the molecule is CNCC1(CNCCC2CCN(C)C2)CCC1. The summed E-state index contributed by atoms with van der Waals surface area (Å²) < 4.78 is 0. The molecule has 0 radical (unpaired) electrons. The molecule has 1 saturated carbocycles. The molecule has 0 aromatic carbocycles. The van der Waals surface area contributed by atoms with Gasteiger partial charge in [-0.05, 0) is 64.2 Å². The quantitative estimate of drug-likeness (QED) is 0.656. The second-order valence-corrected chi connectivity index (χ2v) is 6.27. The van der Waals surface area contributed by atoms with Crippen LogP contribution in [-0.4, -0.2) is 51.7 Å². The molecule has 0 aromatic rings. The van der Waals surface area contributed by atoms with Gasteiger partial charge >= 0.3 is 0 Å². The third kappa shape index (κ3) is 3.67. The van der Waals surface area contributed by atoms with Crippen molar-refractivity contribution in [1.29, 1.82) is 0 Å². The smallest absolute Gasteiger partial charge is 0.00200 e. The van der Waals surface area contributed by atoms with E-state index in [4.69, 9.17) is 0 Å². The first-order valence-corrected chi connectivity index (χ1v) is 7.28. The second kappa shape index (κ2) is 6.17. The molecule has 0 bridgehead atoms. The van der Waals surface area contributed by atoms with Crippen molar-refractivity contribution < 1.29 is 0 Å². The van der Waals surface area contributed by atoms with Crippen molar-refractivity contribution in [2.75, 3.05) is 46.8 Å². The van der Waals surface area contributed by atoms with Crippen molar-refractivity contribution in [3.63, 3.8) is 0 Å². The monoisotopic (exact) mass is 239 g/mol. The van der Waals surface area contributed by atoms with E-state index in [1.54, 1.807) is 0 Å². The van der Waals surface area contributed by atoms with Gasteiger partial charge < -0.3 is 15.5 Å². The minimum atomic E-state index is 0.585. The van der Waals surface area contributed by atoms with Crippen LogP contribution in [0.1, 0.15) is 32.1 Å². The highest BCUT2D eigenvalue weighted by molar-refractivity contribution is 4.91. The van der Waals surface area contributed by atoms with Gasteiger partial charge in [-0.25, -0.2) is 0 Å². The number of hydrogen-bond donors (Lipinski definition) is 2. The minimum Gasteiger partial charge on any atom is -0.319 e. The summed E-state index contributed by atoms with van der Waals surface area (Å²) in [6.07, 6.45) is 7.01. The maximum atomic E-state index is 3.70. The van der Waals surface area contributed by atoms with E-state index in [9.17, 15) is 0 Å². The lowest BCUT2D eigenvalue weighted by Crippen LogP contribution is -2.46. The Balaban J connectivity index is 1.56. The van der Waals surface area contributed by atoms with Gasteiger partial charge in [0.05, 0.1) is 0 Å². The topological polar surface area (TPSA) is 27.3 Å². The molecule has 0 amide bonds. The fourth-order valence-electron chi connectivity index (χ4n) is 3.39. The predicted molar refractivity (Wildman–Crippen MR) is 73.3 cm³/mol. The number of likely N-dealkylation sites (tertiary alicyclic amines) is 1. The second-order valence-electron chi connectivity index (χ2n) is 6.27. The average molecular weight is 239 g/mol. The van der Waals surface area contributed by atoms with Gasteiger partial charge in [-0.15, -0.1) is 0 Å². The summed E-state index contributed by atoms with van der Waals surface area (Å²) in [5, 5.41) is 7.05. The molecule has 2 N–H and O–H groups in total. The molecule has 2 rings (SSSR count). The lowest BCUT2D eigenvalue weighted by molar-refractivity contribution is 0.130. The molecule has 1 atom stereocenters. The van der Waals surface area contributed by atoms with Crippen LogP contribution in [-0.2, 0) is 0 Å². The number of rotatable bonds is 7. The van der Waals surface area contributed by atoms with Crippen molar-refractivity contribution >= 4 is 0 Å². The van der Waals surface area contributed by atoms with Crippen LogP contribution in [0.2, 0.25) is 0 Å². The Bertz CT molecular complexity index is 226. The lowest BCUT2D eigenvalue weighted by atomic mass is 9.68. The number of nitrogens with one attached hydrogen (secondary N) is 2. The zero-order valence-electron chi connectivity index (χ0n) is 11.6. The summed E-state index contributed by atoms with van der Waals surface area (Å²) >= 11 is 0. The fraction of sp³-hybridized carbons (Fsp3) is 1.00. The van der Waals surface area contributed by atoms with E-state index in [1.165, 1.54) is 64.8 Å². The molecule has 2 fully saturated rings. The normalized spacial score (nSPS) is 28.2. The van der Waals surface area contributed by atoms with Gasteiger partial charge in [0.15, 0.2) is 0 Å². The van der Waals surface area contributed by atoms with Gasteiger partial charge in [0.2, 0.25) is 0 Å². The molecular formula is C14H29N3. The fourth-order valence-corrected chi connectivity index (χ4v) is 3.39. The van der Waals surface area contributed by atoms with E-state index >= 15 is 0 Å². The molecule has 1 saturated heterocycles. The Morgan fingerprint density at radius 1 is 1.29 bits per heavy atom. The zero-order valence-corrected chi connectivity index (χ0v) is 11.6. The Labute approximate surface area is 106 Å². The molecule has 3 heteroatoms. The van der Waals surface area contributed by atoms with Crippen LogP contribution in [0.3, 0.4) is 0 Å². The summed E-state index contributed by atoms with van der Waals surface area (Å²) in [5.41, 5.74) is 0.585. The summed E-state index contributed by atoms with van der Waals surface area (Å²) in [5.74, 6) is 0.939. The zero-order chi connectivity index (χ0) is 12.1. The van der Waals surface area contributed by atoms with Crippen LogP contribution >= 0.6 is 0 Å². The Morgan fingerprint density at radius 2 is 2.12 bits per heavy atom. The van der Waals surface area contributed by atoms with Crippen molar-refractivity contribution in [2.24, 2.45) is 11.3 Å². The summed E-state index contributed by atoms with van der Waals surface area (Å²) in [7, 11) is 4.32. The molecule has 2 aliphatic rings. The maximum absolute atomic E-state index is 3.70. The van der Waals surface area contributed by atoms with E-state index in [-0.39, 0.29) is 0 Å². The third-order valence-electron chi connectivity index (χ3n) is 4.68. The third-order valence-corrected chi connectivity index (χ3v) is 4.68. The Hall–Kier alpha value is -0.120. The highest BCUT2D eigenvalue weighted by atomic mass is 15.1. The summed E-state index contributed by atoms with van der Waals surface area (Å²) in [4.78, 5) is 2.46. The van der Waals surface area contributed by atoms with Gasteiger partial charge in [0.25, 0.3) is 0 Å². The van der Waals surface area contributed by atoms with E-state index in [0.717, 1.165) is 5.92 Å². The lowest BCUT2D eigenvalue weighted by Gasteiger charge is -2.42. The van der Waals surface area contributed by atoms with Gasteiger partial charge in [-0.1, -0.05) is 6.42 Å². The summed E-state index contributed by atoms with van der Waals surface area (Å²) in [6.45, 7) is 6.23. The van der Waals surface area contributed by atoms with Crippen LogP contribution in [0.15, 0.2) is 0 Å². The molecule has 100 valence electrons. The highest BCUT2D eigenvalue weighted by Gasteiger charge is 2.35. The molecule has 1 unspecified atom stereocenters. The first-order valence-electron chi connectivity index (χ1n) is 7.28. The average Bonchev–Trinajstić information content (AvgIpc) is 2.66. The Morgan fingerprint density at radius 3 is 2.65 bits per heavy atom. The molecule has 1 heterocycles. The molecule has 1 aliphatic carbocycles. The Kier molecular flexibility index (Phi) is 4.83. The standard InChI is InChI=1S/C14H29N3/c1-15-11-14(6-3-7-14)12-16-8-4-13-5-9-17(2)10-13/h13,15-16H,3-12H2,1-2H3. The molecular weight excluding hydrogens is 210 g/mol. The van der Waals surface area contributed by atoms with E-state index in [0.29, 0.717) is 5.41 Å². The summed E-state index contributed by atoms with van der Waals surface area (Å²) in [6, 6.07) is 0. The van der Waals surface area contributed by atoms with Crippen molar-refractivity contribution in [1.82, 2.24) is 15.5 Å². The van der Waals surface area contributed by atoms with Gasteiger partial charge in [-0.3, -0.25) is 0 Å². The largest absolute Gasteiger partial charge is 0.319 e.